The molecule has 0 radical (unpaired) electrons. The number of fused-ring (bicyclic) bond motifs is 1. The number of hydrogen-bond acceptors (Lipinski definition) is 3. The van der Waals surface area contributed by atoms with Crippen molar-refractivity contribution in [2.75, 3.05) is 11.4 Å². The Kier molecular flexibility index (Phi) is 2.59. The van der Waals surface area contributed by atoms with Crippen molar-refractivity contribution < 1.29 is 19.4 Å². The minimum absolute atomic E-state index is 0.179. The number of rotatable bonds is 2. The van der Waals surface area contributed by atoms with E-state index in [2.05, 4.69) is 15.9 Å². The van der Waals surface area contributed by atoms with Crippen LogP contribution in [-0.2, 0) is 14.3 Å². The molecule has 0 aliphatic carbocycles. The fourth-order valence-corrected chi connectivity index (χ4v) is 4.15. The van der Waals surface area contributed by atoms with Crippen LogP contribution in [0.4, 0.5) is 5.69 Å². The third-order valence-corrected chi connectivity index (χ3v) is 5.20. The number of carbonyl (C=O) groups is 2. The highest BCUT2D eigenvalue weighted by Crippen LogP contribution is 2.53. The number of anilines is 1. The van der Waals surface area contributed by atoms with E-state index in [1.165, 1.54) is 0 Å². The Hall–Kier alpha value is -1.66. The van der Waals surface area contributed by atoms with Gasteiger partial charge >= 0.3 is 5.97 Å². The van der Waals surface area contributed by atoms with Crippen LogP contribution < -0.4 is 4.90 Å². The standard InChI is InChI=1S/C15H12BrNO4/c16-8-3-1-2-4-9(8)17-7-15-6-5-10(21-15)11(14(19)20)12(15)13(17)18/h1-6,10-12H,7H2,(H,19,20)/t10-,11+,12+,15-/m0/s1. The number of ether oxygens (including phenoxy) is 1. The van der Waals surface area contributed by atoms with E-state index in [0.717, 1.165) is 10.2 Å². The maximum absolute atomic E-state index is 12.8. The van der Waals surface area contributed by atoms with Gasteiger partial charge in [-0.25, -0.2) is 0 Å². The van der Waals surface area contributed by atoms with E-state index < -0.39 is 29.5 Å². The zero-order valence-corrected chi connectivity index (χ0v) is 12.5. The lowest BCUT2D eigenvalue weighted by atomic mass is 9.77. The van der Waals surface area contributed by atoms with Gasteiger partial charge in [-0.05, 0) is 28.1 Å². The van der Waals surface area contributed by atoms with Crippen molar-refractivity contribution in [3.63, 3.8) is 0 Å². The molecule has 3 heterocycles. The molecule has 1 spiro atoms. The highest BCUT2D eigenvalue weighted by molar-refractivity contribution is 9.10. The lowest BCUT2D eigenvalue weighted by Gasteiger charge is -2.22. The minimum Gasteiger partial charge on any atom is -0.481 e. The van der Waals surface area contributed by atoms with E-state index in [9.17, 15) is 14.7 Å². The first-order chi connectivity index (χ1) is 10.0. The number of carboxylic acids is 1. The smallest absolute Gasteiger partial charge is 0.310 e. The third kappa shape index (κ3) is 1.60. The molecular weight excluding hydrogens is 338 g/mol. The van der Waals surface area contributed by atoms with Gasteiger partial charge in [0.1, 0.15) is 11.5 Å². The summed E-state index contributed by atoms with van der Waals surface area (Å²) in [6, 6.07) is 7.42. The number of carboxylic acid groups (broad SMARTS) is 1. The van der Waals surface area contributed by atoms with Crippen LogP contribution in [0.5, 0.6) is 0 Å². The van der Waals surface area contributed by atoms with Crippen molar-refractivity contribution in [2.24, 2.45) is 11.8 Å². The number of para-hydroxylation sites is 1. The largest absolute Gasteiger partial charge is 0.481 e. The zero-order chi connectivity index (χ0) is 14.8. The van der Waals surface area contributed by atoms with Crippen LogP contribution in [0.2, 0.25) is 0 Å². The van der Waals surface area contributed by atoms with Crippen LogP contribution in [0.3, 0.4) is 0 Å². The lowest BCUT2D eigenvalue weighted by molar-refractivity contribution is -0.146. The van der Waals surface area contributed by atoms with Gasteiger partial charge in [-0.1, -0.05) is 24.3 Å². The number of benzene rings is 1. The van der Waals surface area contributed by atoms with Crippen molar-refractivity contribution in [3.8, 4) is 0 Å². The van der Waals surface area contributed by atoms with Crippen molar-refractivity contribution >= 4 is 33.5 Å². The molecule has 4 atom stereocenters. The normalized spacial score (nSPS) is 36.3. The number of carbonyl (C=O) groups excluding carboxylic acids is 1. The SMILES string of the molecule is O=C(O)[C@@H]1[C@@H]2C=C[C@@]3(CN(c4ccccc4Br)C(=O)[C@@H]13)O2. The Morgan fingerprint density at radius 3 is 2.90 bits per heavy atom. The Balaban J connectivity index is 1.78. The van der Waals surface area contributed by atoms with Gasteiger partial charge in [0, 0.05) is 4.47 Å². The molecule has 2 bridgehead atoms. The molecule has 1 aromatic rings. The topological polar surface area (TPSA) is 66.8 Å². The molecule has 1 N–H and O–H groups in total. The Morgan fingerprint density at radius 2 is 2.19 bits per heavy atom. The van der Waals surface area contributed by atoms with Crippen LogP contribution >= 0.6 is 15.9 Å². The molecule has 3 aliphatic heterocycles. The van der Waals surface area contributed by atoms with Gasteiger partial charge in [0.25, 0.3) is 0 Å². The van der Waals surface area contributed by atoms with Crippen LogP contribution in [0.15, 0.2) is 40.9 Å². The molecule has 3 aliphatic rings. The number of amides is 1. The summed E-state index contributed by atoms with van der Waals surface area (Å²) in [5.74, 6) is -2.59. The number of hydrogen-bond donors (Lipinski definition) is 1. The molecule has 2 saturated heterocycles. The fourth-order valence-electron chi connectivity index (χ4n) is 3.65. The molecule has 0 saturated carbocycles. The monoisotopic (exact) mass is 349 g/mol. The summed E-state index contributed by atoms with van der Waals surface area (Å²) in [6.07, 6.45) is 3.14. The van der Waals surface area contributed by atoms with Crippen LogP contribution in [0, 0.1) is 11.8 Å². The van der Waals surface area contributed by atoms with Gasteiger partial charge in [-0.3, -0.25) is 9.59 Å². The molecule has 0 unspecified atom stereocenters. The summed E-state index contributed by atoms with van der Waals surface area (Å²) < 4.78 is 6.66. The van der Waals surface area contributed by atoms with Gasteiger partial charge in [-0.15, -0.1) is 0 Å². The molecule has 1 amide bonds. The molecule has 21 heavy (non-hydrogen) atoms. The maximum atomic E-state index is 12.8. The molecule has 4 rings (SSSR count). The summed E-state index contributed by atoms with van der Waals surface area (Å²) in [5.41, 5.74) is -0.0454. The molecule has 2 fully saturated rings. The molecule has 1 aromatic carbocycles. The minimum atomic E-state index is -0.974. The van der Waals surface area contributed by atoms with Gasteiger partial charge in [-0.2, -0.15) is 0 Å². The predicted molar refractivity (Wildman–Crippen MR) is 77.9 cm³/mol. The van der Waals surface area contributed by atoms with Gasteiger partial charge in [0.05, 0.1) is 24.3 Å². The van der Waals surface area contributed by atoms with Crippen LogP contribution in [0.1, 0.15) is 0 Å². The first-order valence-corrected chi connectivity index (χ1v) is 7.49. The molecule has 108 valence electrons. The Bertz CT molecular complexity index is 688. The van der Waals surface area contributed by atoms with Crippen LogP contribution in [0.25, 0.3) is 0 Å². The van der Waals surface area contributed by atoms with Crippen LogP contribution in [-0.4, -0.2) is 35.2 Å². The average molecular weight is 350 g/mol. The number of aliphatic carboxylic acids is 1. The number of nitrogens with zero attached hydrogens (tertiary/aromatic N) is 1. The molecule has 0 aromatic heterocycles. The van der Waals surface area contributed by atoms with E-state index >= 15 is 0 Å². The Labute approximate surface area is 129 Å². The second kappa shape index (κ2) is 4.18. The second-order valence-corrected chi connectivity index (χ2v) is 6.47. The van der Waals surface area contributed by atoms with E-state index in [0.29, 0.717) is 6.54 Å². The lowest BCUT2D eigenvalue weighted by Crippen LogP contribution is -2.39. The molecule has 6 heteroatoms. The van der Waals surface area contributed by atoms with Crippen molar-refractivity contribution in [1.82, 2.24) is 0 Å². The summed E-state index contributed by atoms with van der Waals surface area (Å²) in [7, 11) is 0. The third-order valence-electron chi connectivity index (χ3n) is 4.53. The quantitative estimate of drug-likeness (QED) is 0.827. The Morgan fingerprint density at radius 1 is 1.43 bits per heavy atom. The second-order valence-electron chi connectivity index (χ2n) is 5.61. The van der Waals surface area contributed by atoms with E-state index in [1.54, 1.807) is 11.0 Å². The first-order valence-electron chi connectivity index (χ1n) is 6.69. The fraction of sp³-hybridized carbons (Fsp3) is 0.333. The molecular formula is C15H12BrNO4. The van der Waals surface area contributed by atoms with E-state index in [4.69, 9.17) is 4.74 Å². The van der Waals surface area contributed by atoms with Crippen molar-refractivity contribution in [3.05, 3.63) is 40.9 Å². The first kappa shape index (κ1) is 13.0. The summed E-state index contributed by atoms with van der Waals surface area (Å²) in [6.45, 7) is 0.357. The van der Waals surface area contributed by atoms with Crippen molar-refractivity contribution in [1.29, 1.82) is 0 Å². The van der Waals surface area contributed by atoms with E-state index in [1.807, 2.05) is 30.3 Å². The summed E-state index contributed by atoms with van der Waals surface area (Å²) in [5, 5.41) is 9.41. The predicted octanol–water partition coefficient (Wildman–Crippen LogP) is 1.82. The zero-order valence-electron chi connectivity index (χ0n) is 10.9. The van der Waals surface area contributed by atoms with Gasteiger partial charge in [0.15, 0.2) is 0 Å². The summed E-state index contributed by atoms with van der Waals surface area (Å²) >= 11 is 3.44. The van der Waals surface area contributed by atoms with Gasteiger partial charge in [0.2, 0.25) is 5.91 Å². The van der Waals surface area contributed by atoms with E-state index in [-0.39, 0.29) is 5.91 Å². The van der Waals surface area contributed by atoms with Gasteiger partial charge < -0.3 is 14.7 Å². The molecule has 5 nitrogen and oxygen atoms in total. The maximum Gasteiger partial charge on any atom is 0.310 e. The average Bonchev–Trinajstić information content (AvgIpc) is 3.08. The highest BCUT2D eigenvalue weighted by Gasteiger charge is 2.67. The number of halogens is 1. The highest BCUT2D eigenvalue weighted by atomic mass is 79.9. The van der Waals surface area contributed by atoms with Crippen molar-refractivity contribution in [2.45, 2.75) is 11.7 Å². The summed E-state index contributed by atoms with van der Waals surface area (Å²) in [4.78, 5) is 25.9.